The highest BCUT2D eigenvalue weighted by Gasteiger charge is 2.17. The number of para-hydroxylation sites is 1. The molecule has 7 nitrogen and oxygen atoms in total. The minimum Gasteiger partial charge on any atom is -0.404 e. The van der Waals surface area contributed by atoms with Crippen LogP contribution in [0.3, 0.4) is 0 Å². The fourth-order valence-electron chi connectivity index (χ4n) is 2.95. The summed E-state index contributed by atoms with van der Waals surface area (Å²) in [6, 6.07) is 10.0. The zero-order valence-electron chi connectivity index (χ0n) is 15.2. The van der Waals surface area contributed by atoms with Gasteiger partial charge in [0.15, 0.2) is 0 Å². The van der Waals surface area contributed by atoms with Crippen molar-refractivity contribution in [2.24, 2.45) is 10.7 Å². The zero-order chi connectivity index (χ0) is 20.1. The molecule has 1 aliphatic heterocycles. The average molecular weight is 378 g/mol. The molecule has 28 heavy (non-hydrogen) atoms. The summed E-state index contributed by atoms with van der Waals surface area (Å²) >= 11 is 0. The minimum atomic E-state index is -0.548. The molecule has 3 rings (SSSR count). The zero-order valence-corrected chi connectivity index (χ0v) is 15.2. The highest BCUT2D eigenvalue weighted by atomic mass is 19.1. The van der Waals surface area contributed by atoms with E-state index in [4.69, 9.17) is 5.73 Å². The molecular weight excluding hydrogens is 359 g/mol. The summed E-state index contributed by atoms with van der Waals surface area (Å²) in [5.74, 6) is -0.641. The molecule has 1 amide bonds. The fraction of sp³-hybridized carbons (Fsp3) is 0.150. The summed E-state index contributed by atoms with van der Waals surface area (Å²) in [5.41, 5.74) is 8.63. The highest BCUT2D eigenvalue weighted by Crippen LogP contribution is 2.35. The number of amides is 1. The number of anilines is 4. The maximum Gasteiger partial charge on any atom is 0.226 e. The molecule has 0 bridgehead atoms. The van der Waals surface area contributed by atoms with Crippen LogP contribution in [0.5, 0.6) is 0 Å². The van der Waals surface area contributed by atoms with Gasteiger partial charge in [0.25, 0.3) is 0 Å². The lowest BCUT2D eigenvalue weighted by Crippen LogP contribution is -2.10. The Balaban J connectivity index is 2.02. The van der Waals surface area contributed by atoms with Crippen LogP contribution < -0.4 is 21.7 Å². The van der Waals surface area contributed by atoms with Crippen molar-refractivity contribution in [3.63, 3.8) is 0 Å². The van der Waals surface area contributed by atoms with E-state index in [0.29, 0.717) is 41.2 Å². The number of benzene rings is 2. The van der Waals surface area contributed by atoms with Gasteiger partial charge >= 0.3 is 0 Å². The first kappa shape index (κ1) is 18.9. The Bertz CT molecular complexity index is 1020. The van der Waals surface area contributed by atoms with Crippen molar-refractivity contribution >= 4 is 40.4 Å². The van der Waals surface area contributed by atoms with Crippen molar-refractivity contribution in [3.05, 3.63) is 53.5 Å². The smallest absolute Gasteiger partial charge is 0.226 e. The van der Waals surface area contributed by atoms with Crippen LogP contribution in [-0.2, 0) is 4.79 Å². The van der Waals surface area contributed by atoms with Gasteiger partial charge < -0.3 is 21.7 Å². The second-order valence-electron chi connectivity index (χ2n) is 6.08. The first-order valence-electron chi connectivity index (χ1n) is 8.59. The van der Waals surface area contributed by atoms with E-state index in [0.717, 1.165) is 0 Å². The summed E-state index contributed by atoms with van der Waals surface area (Å²) in [6.45, 7) is 0.462. The van der Waals surface area contributed by atoms with Gasteiger partial charge in [0, 0.05) is 43.6 Å². The number of rotatable bonds is 4. The van der Waals surface area contributed by atoms with E-state index >= 15 is 0 Å². The van der Waals surface area contributed by atoms with E-state index in [9.17, 15) is 14.4 Å². The molecular formula is C20H19FN6O. The largest absolute Gasteiger partial charge is 0.404 e. The molecule has 1 aliphatic rings. The number of nitriles is 1. The number of allylic oxidation sites excluding steroid dienone is 1. The molecule has 0 radical (unpaired) electrons. The fourth-order valence-corrected chi connectivity index (χ4v) is 2.95. The van der Waals surface area contributed by atoms with E-state index in [1.165, 1.54) is 24.5 Å². The Hall–Kier alpha value is -3.86. The number of aliphatic imine (C=N–C) groups is 1. The number of nitrogens with two attached hydrogens (primary N) is 1. The second-order valence-corrected chi connectivity index (χ2v) is 6.08. The molecule has 2 aromatic carbocycles. The SMILES string of the molecule is CN=CC(=CN)c1cc(F)c(Nc2cccc3c2NCCC(=O)N3)cc1C#N. The Morgan fingerprint density at radius 1 is 1.39 bits per heavy atom. The summed E-state index contributed by atoms with van der Waals surface area (Å²) in [6.07, 6.45) is 3.08. The van der Waals surface area contributed by atoms with Crippen LogP contribution in [0.1, 0.15) is 17.5 Å². The topological polar surface area (TPSA) is 115 Å². The molecule has 142 valence electrons. The lowest BCUT2D eigenvalue weighted by atomic mass is 10.0. The van der Waals surface area contributed by atoms with Gasteiger partial charge in [-0.25, -0.2) is 4.39 Å². The molecule has 0 fully saturated rings. The van der Waals surface area contributed by atoms with Gasteiger partial charge in [0.05, 0.1) is 34.4 Å². The highest BCUT2D eigenvalue weighted by molar-refractivity contribution is 6.10. The van der Waals surface area contributed by atoms with Gasteiger partial charge in [-0.15, -0.1) is 0 Å². The van der Waals surface area contributed by atoms with Crippen LogP contribution >= 0.6 is 0 Å². The van der Waals surface area contributed by atoms with Crippen LogP contribution in [0, 0.1) is 17.1 Å². The Morgan fingerprint density at radius 2 is 2.21 bits per heavy atom. The maximum atomic E-state index is 14.8. The van der Waals surface area contributed by atoms with E-state index in [1.807, 2.05) is 0 Å². The Labute approximate surface area is 161 Å². The van der Waals surface area contributed by atoms with Crippen LogP contribution in [0.2, 0.25) is 0 Å². The third-order valence-corrected chi connectivity index (χ3v) is 4.25. The molecule has 0 aliphatic carbocycles. The monoisotopic (exact) mass is 378 g/mol. The van der Waals surface area contributed by atoms with Gasteiger partial charge in [-0.05, 0) is 24.3 Å². The molecule has 8 heteroatoms. The van der Waals surface area contributed by atoms with Crippen molar-refractivity contribution in [2.45, 2.75) is 6.42 Å². The summed E-state index contributed by atoms with van der Waals surface area (Å²) in [4.78, 5) is 15.6. The first-order valence-corrected chi connectivity index (χ1v) is 8.59. The molecule has 0 atom stereocenters. The number of halogens is 1. The number of hydrogen-bond acceptors (Lipinski definition) is 6. The molecule has 5 N–H and O–H groups in total. The van der Waals surface area contributed by atoms with Crippen LogP contribution in [0.4, 0.5) is 27.1 Å². The van der Waals surface area contributed by atoms with Crippen molar-refractivity contribution in [2.75, 3.05) is 29.5 Å². The molecule has 0 aromatic heterocycles. The van der Waals surface area contributed by atoms with Gasteiger partial charge in [0.2, 0.25) is 5.91 Å². The minimum absolute atomic E-state index is 0.0932. The molecule has 2 aromatic rings. The number of nitrogens with one attached hydrogen (secondary N) is 3. The Morgan fingerprint density at radius 3 is 2.93 bits per heavy atom. The molecule has 0 saturated heterocycles. The molecule has 1 heterocycles. The quantitative estimate of drug-likeness (QED) is 0.610. The van der Waals surface area contributed by atoms with Crippen molar-refractivity contribution in [1.82, 2.24) is 0 Å². The van der Waals surface area contributed by atoms with E-state index in [1.54, 1.807) is 25.2 Å². The summed E-state index contributed by atoms with van der Waals surface area (Å²) < 4.78 is 14.8. The van der Waals surface area contributed by atoms with Gasteiger partial charge in [-0.2, -0.15) is 5.26 Å². The lowest BCUT2D eigenvalue weighted by molar-refractivity contribution is -0.115. The second kappa shape index (κ2) is 8.22. The van der Waals surface area contributed by atoms with Gasteiger partial charge in [-0.1, -0.05) is 6.07 Å². The van der Waals surface area contributed by atoms with Gasteiger partial charge in [0.1, 0.15) is 5.82 Å². The predicted octanol–water partition coefficient (Wildman–Crippen LogP) is 3.20. The maximum absolute atomic E-state index is 14.8. The number of hydrogen-bond donors (Lipinski definition) is 4. The van der Waals surface area contributed by atoms with E-state index in [-0.39, 0.29) is 17.2 Å². The lowest BCUT2D eigenvalue weighted by Gasteiger charge is -2.16. The number of fused-ring (bicyclic) bond motifs is 1. The number of carbonyl (C=O) groups excluding carboxylic acids is 1. The van der Waals surface area contributed by atoms with Crippen LogP contribution in [-0.4, -0.2) is 25.7 Å². The third kappa shape index (κ3) is 3.78. The molecule has 0 saturated carbocycles. The average Bonchev–Trinajstić information content (AvgIpc) is 2.88. The molecule has 0 spiro atoms. The summed E-state index contributed by atoms with van der Waals surface area (Å²) in [5, 5.41) is 18.5. The molecule has 0 unspecified atom stereocenters. The van der Waals surface area contributed by atoms with Crippen LogP contribution in [0.25, 0.3) is 5.57 Å². The number of nitrogens with zero attached hydrogens (tertiary/aromatic N) is 2. The number of carbonyl (C=O) groups is 1. The van der Waals surface area contributed by atoms with Crippen LogP contribution in [0.15, 0.2) is 41.5 Å². The normalized spacial score (nSPS) is 13.9. The van der Waals surface area contributed by atoms with Gasteiger partial charge in [-0.3, -0.25) is 9.79 Å². The first-order chi connectivity index (χ1) is 13.6. The predicted molar refractivity (Wildman–Crippen MR) is 109 cm³/mol. The summed E-state index contributed by atoms with van der Waals surface area (Å²) in [7, 11) is 1.56. The standard InChI is InChI=1S/C20H19FN6O/c1-24-11-13(10-23)14-8-15(21)18(7-12(14)9-22)26-16-3-2-4-17-20(16)25-6-5-19(28)27-17/h2-4,7-8,10-11,25-26H,5-6,23H2,1H3,(H,27,28). The van der Waals surface area contributed by atoms with E-state index < -0.39 is 5.82 Å². The van der Waals surface area contributed by atoms with Crippen molar-refractivity contribution in [1.29, 1.82) is 5.26 Å². The van der Waals surface area contributed by atoms with Crippen molar-refractivity contribution in [3.8, 4) is 6.07 Å². The van der Waals surface area contributed by atoms with Crippen molar-refractivity contribution < 1.29 is 9.18 Å². The third-order valence-electron chi connectivity index (χ3n) is 4.25. The Kier molecular flexibility index (Phi) is 5.56. The van der Waals surface area contributed by atoms with E-state index in [2.05, 4.69) is 27.0 Å².